The van der Waals surface area contributed by atoms with Crippen molar-refractivity contribution < 1.29 is 9.13 Å². The molecule has 0 unspecified atom stereocenters. The Bertz CT molecular complexity index is 347. The molecule has 0 bridgehead atoms. The third-order valence-corrected chi connectivity index (χ3v) is 2.93. The fraction of sp³-hybridized carbons (Fsp3) is 0.455. The number of ether oxygens (including phenoxy) is 1. The molecule has 0 heterocycles. The van der Waals surface area contributed by atoms with Crippen molar-refractivity contribution in [3.05, 3.63) is 29.6 Å². The fourth-order valence-corrected chi connectivity index (χ4v) is 1.77. The van der Waals surface area contributed by atoms with Crippen LogP contribution >= 0.6 is 0 Å². The Labute approximate surface area is 83.1 Å². The summed E-state index contributed by atoms with van der Waals surface area (Å²) in [6.45, 7) is 0. The molecule has 1 fully saturated rings. The molecular formula is C11H14FNO. The van der Waals surface area contributed by atoms with Gasteiger partial charge < -0.3 is 10.1 Å². The lowest BCUT2D eigenvalue weighted by molar-refractivity contribution is 0.385. The first-order chi connectivity index (χ1) is 6.72. The first-order valence-electron chi connectivity index (χ1n) is 4.75. The summed E-state index contributed by atoms with van der Waals surface area (Å²) < 4.78 is 18.3. The topological polar surface area (TPSA) is 21.3 Å². The predicted molar refractivity (Wildman–Crippen MR) is 52.9 cm³/mol. The highest BCUT2D eigenvalue weighted by Crippen LogP contribution is 2.45. The third kappa shape index (κ3) is 1.38. The molecule has 0 amide bonds. The zero-order valence-electron chi connectivity index (χ0n) is 8.43. The van der Waals surface area contributed by atoms with Crippen LogP contribution in [0.15, 0.2) is 18.2 Å². The zero-order chi connectivity index (χ0) is 10.2. The summed E-state index contributed by atoms with van der Waals surface area (Å²) >= 11 is 0. The normalized spacial score (nSPS) is 17.9. The van der Waals surface area contributed by atoms with Crippen LogP contribution in [0, 0.1) is 5.82 Å². The molecule has 0 saturated heterocycles. The van der Waals surface area contributed by atoms with Crippen LogP contribution in [0.5, 0.6) is 5.75 Å². The maximum absolute atomic E-state index is 13.4. The van der Waals surface area contributed by atoms with Crippen LogP contribution in [-0.4, -0.2) is 14.2 Å². The maximum Gasteiger partial charge on any atom is 0.165 e. The lowest BCUT2D eigenvalue weighted by atomic mass is 10.0. The second-order valence-electron chi connectivity index (χ2n) is 3.68. The van der Waals surface area contributed by atoms with Crippen LogP contribution in [0.4, 0.5) is 4.39 Å². The van der Waals surface area contributed by atoms with Gasteiger partial charge in [0.25, 0.3) is 0 Å². The molecule has 1 aromatic rings. The van der Waals surface area contributed by atoms with E-state index < -0.39 is 0 Å². The van der Waals surface area contributed by atoms with Crippen LogP contribution in [0.1, 0.15) is 18.4 Å². The number of nitrogens with one attached hydrogen (secondary N) is 1. The van der Waals surface area contributed by atoms with Crippen molar-refractivity contribution in [1.29, 1.82) is 0 Å². The quantitative estimate of drug-likeness (QED) is 0.797. The van der Waals surface area contributed by atoms with Crippen LogP contribution in [0.3, 0.4) is 0 Å². The zero-order valence-corrected chi connectivity index (χ0v) is 8.43. The van der Waals surface area contributed by atoms with Gasteiger partial charge in [-0.2, -0.15) is 0 Å². The van der Waals surface area contributed by atoms with Crippen molar-refractivity contribution >= 4 is 0 Å². The molecule has 76 valence electrons. The largest absolute Gasteiger partial charge is 0.494 e. The van der Waals surface area contributed by atoms with E-state index in [0.29, 0.717) is 5.75 Å². The molecule has 3 heteroatoms. The Morgan fingerprint density at radius 3 is 2.57 bits per heavy atom. The van der Waals surface area contributed by atoms with E-state index in [1.54, 1.807) is 12.1 Å². The van der Waals surface area contributed by atoms with E-state index >= 15 is 0 Å². The second kappa shape index (κ2) is 3.24. The minimum absolute atomic E-state index is 0.0209. The first kappa shape index (κ1) is 9.46. The van der Waals surface area contributed by atoms with Gasteiger partial charge in [0.2, 0.25) is 0 Å². The van der Waals surface area contributed by atoms with E-state index in [0.717, 1.165) is 18.4 Å². The van der Waals surface area contributed by atoms with Gasteiger partial charge >= 0.3 is 0 Å². The van der Waals surface area contributed by atoms with E-state index in [2.05, 4.69) is 5.32 Å². The minimum atomic E-state index is -0.286. The number of hydrogen-bond donors (Lipinski definition) is 1. The SMILES string of the molecule is CNC1(c2ccc(OC)c(F)c2)CC1. The van der Waals surface area contributed by atoms with Crippen LogP contribution in [-0.2, 0) is 5.54 Å². The smallest absolute Gasteiger partial charge is 0.165 e. The number of benzene rings is 1. The molecule has 0 atom stereocenters. The minimum Gasteiger partial charge on any atom is -0.494 e. The number of rotatable bonds is 3. The van der Waals surface area contributed by atoms with Crippen LogP contribution < -0.4 is 10.1 Å². The Balaban J connectivity index is 2.33. The van der Waals surface area contributed by atoms with Gasteiger partial charge in [-0.15, -0.1) is 0 Å². The van der Waals surface area contributed by atoms with Crippen LogP contribution in [0.25, 0.3) is 0 Å². The van der Waals surface area contributed by atoms with E-state index in [1.165, 1.54) is 7.11 Å². The molecule has 0 spiro atoms. The molecule has 1 N–H and O–H groups in total. The molecule has 0 aromatic heterocycles. The van der Waals surface area contributed by atoms with Gasteiger partial charge in [-0.05, 0) is 37.6 Å². The predicted octanol–water partition coefficient (Wildman–Crippen LogP) is 2.04. The monoisotopic (exact) mass is 195 g/mol. The Morgan fingerprint density at radius 2 is 2.14 bits per heavy atom. The molecule has 2 nitrogen and oxygen atoms in total. The van der Waals surface area contributed by atoms with Gasteiger partial charge in [-0.1, -0.05) is 6.07 Å². The van der Waals surface area contributed by atoms with Gasteiger partial charge in [0.15, 0.2) is 11.6 Å². The summed E-state index contributed by atoms with van der Waals surface area (Å²) in [4.78, 5) is 0. The summed E-state index contributed by atoms with van der Waals surface area (Å²) in [7, 11) is 3.39. The molecule has 2 rings (SSSR count). The average molecular weight is 195 g/mol. The third-order valence-electron chi connectivity index (χ3n) is 2.93. The highest BCUT2D eigenvalue weighted by molar-refractivity contribution is 5.36. The highest BCUT2D eigenvalue weighted by atomic mass is 19.1. The van der Waals surface area contributed by atoms with E-state index in [1.807, 2.05) is 13.1 Å². The first-order valence-corrected chi connectivity index (χ1v) is 4.75. The van der Waals surface area contributed by atoms with E-state index in [9.17, 15) is 4.39 Å². The van der Waals surface area contributed by atoms with Crippen molar-refractivity contribution in [2.45, 2.75) is 18.4 Å². The summed E-state index contributed by atoms with van der Waals surface area (Å²) in [6, 6.07) is 5.16. The van der Waals surface area contributed by atoms with Gasteiger partial charge in [-0.3, -0.25) is 0 Å². The summed E-state index contributed by atoms with van der Waals surface area (Å²) in [5.41, 5.74) is 1.03. The van der Waals surface area contributed by atoms with Crippen molar-refractivity contribution in [1.82, 2.24) is 5.32 Å². The van der Waals surface area contributed by atoms with Gasteiger partial charge in [0.05, 0.1) is 7.11 Å². The highest BCUT2D eigenvalue weighted by Gasteiger charge is 2.42. The lowest BCUT2D eigenvalue weighted by Gasteiger charge is -2.15. The Hall–Kier alpha value is -1.09. The molecule has 1 aliphatic carbocycles. The van der Waals surface area contributed by atoms with E-state index in [4.69, 9.17) is 4.74 Å². The average Bonchev–Trinajstić information content (AvgIpc) is 2.98. The van der Waals surface area contributed by atoms with Crippen molar-refractivity contribution in [2.24, 2.45) is 0 Å². The molecular weight excluding hydrogens is 181 g/mol. The molecule has 1 aliphatic rings. The van der Waals surface area contributed by atoms with E-state index in [-0.39, 0.29) is 11.4 Å². The number of halogens is 1. The standard InChI is InChI=1S/C11H14FNO/c1-13-11(5-6-11)8-3-4-10(14-2)9(12)7-8/h3-4,7,13H,5-6H2,1-2H3. The van der Waals surface area contributed by atoms with Gasteiger partial charge in [-0.25, -0.2) is 4.39 Å². The van der Waals surface area contributed by atoms with Crippen molar-refractivity contribution in [3.63, 3.8) is 0 Å². The molecule has 0 aliphatic heterocycles. The second-order valence-corrected chi connectivity index (χ2v) is 3.68. The molecule has 0 radical (unpaired) electrons. The molecule has 1 aromatic carbocycles. The lowest BCUT2D eigenvalue weighted by Crippen LogP contribution is -2.24. The fourth-order valence-electron chi connectivity index (χ4n) is 1.77. The van der Waals surface area contributed by atoms with Crippen molar-refractivity contribution in [2.75, 3.05) is 14.2 Å². The van der Waals surface area contributed by atoms with Crippen molar-refractivity contribution in [3.8, 4) is 5.75 Å². The molecule has 14 heavy (non-hydrogen) atoms. The summed E-state index contributed by atoms with van der Waals surface area (Å²) in [5, 5.41) is 3.23. The van der Waals surface area contributed by atoms with Gasteiger partial charge in [0, 0.05) is 5.54 Å². The Morgan fingerprint density at radius 1 is 1.43 bits per heavy atom. The maximum atomic E-state index is 13.4. The summed E-state index contributed by atoms with van der Waals surface area (Å²) in [6.07, 6.45) is 2.16. The van der Waals surface area contributed by atoms with Gasteiger partial charge in [0.1, 0.15) is 0 Å². The van der Waals surface area contributed by atoms with Crippen LogP contribution in [0.2, 0.25) is 0 Å². The Kier molecular flexibility index (Phi) is 2.19. The summed E-state index contributed by atoms with van der Waals surface area (Å²) in [5.74, 6) is 0.0205. The number of methoxy groups -OCH3 is 1. The number of hydrogen-bond acceptors (Lipinski definition) is 2. The molecule has 1 saturated carbocycles.